The van der Waals surface area contributed by atoms with E-state index in [4.69, 9.17) is 0 Å². The fraction of sp³-hybridized carbons (Fsp3) is 0.583. The van der Waals surface area contributed by atoms with Gasteiger partial charge in [0.1, 0.15) is 0 Å². The van der Waals surface area contributed by atoms with Crippen molar-refractivity contribution in [3.8, 4) is 0 Å². The summed E-state index contributed by atoms with van der Waals surface area (Å²) in [6.07, 6.45) is 0.987. The van der Waals surface area contributed by atoms with Gasteiger partial charge < -0.3 is 10.6 Å². The maximum atomic E-state index is 11.6. The normalized spacial score (nSPS) is 10.2. The molecule has 0 saturated carbocycles. The number of hydrogen-bond acceptors (Lipinski definition) is 3. The van der Waals surface area contributed by atoms with Crippen LogP contribution in [0.3, 0.4) is 0 Å². The number of anilines is 1. The second kappa shape index (κ2) is 6.18. The Hall–Kier alpha value is -1.85. The molecule has 0 aliphatic carbocycles. The first kappa shape index (κ1) is 14.2. The molecule has 0 spiro atoms. The van der Waals surface area contributed by atoms with Crippen LogP contribution in [0, 0.1) is 13.8 Å². The average Bonchev–Trinajstić information content (AvgIpc) is 2.55. The number of nitrogens with zero attached hydrogens (tertiary/aromatic N) is 2. The summed E-state index contributed by atoms with van der Waals surface area (Å²) in [5, 5.41) is 9.60. The van der Waals surface area contributed by atoms with Crippen LogP contribution in [0.15, 0.2) is 0 Å². The monoisotopic (exact) mass is 252 g/mol. The number of carbonyl (C=O) groups is 2. The molecule has 18 heavy (non-hydrogen) atoms. The Kier molecular flexibility index (Phi) is 4.88. The Morgan fingerprint density at radius 3 is 2.56 bits per heavy atom. The Morgan fingerprint density at radius 2 is 2.00 bits per heavy atom. The number of carbonyl (C=O) groups excluding carboxylic acids is 2. The minimum atomic E-state index is -0.243. The molecule has 2 N–H and O–H groups in total. The van der Waals surface area contributed by atoms with Gasteiger partial charge >= 0.3 is 0 Å². The highest BCUT2D eigenvalue weighted by atomic mass is 16.2. The first-order valence-corrected chi connectivity index (χ1v) is 6.04. The fourth-order valence-corrected chi connectivity index (χ4v) is 1.70. The zero-order valence-electron chi connectivity index (χ0n) is 11.3. The standard InChI is InChI=1S/C12H20N4O2/c1-5-6-16-9(3)12(8(2)15-16)14-11(18)7-13-10(4)17/h5-7H2,1-4H3,(H,13,17)(H,14,18). The van der Waals surface area contributed by atoms with E-state index in [2.05, 4.69) is 22.7 Å². The minimum Gasteiger partial charge on any atom is -0.347 e. The summed E-state index contributed by atoms with van der Waals surface area (Å²) in [7, 11) is 0. The van der Waals surface area contributed by atoms with Crippen molar-refractivity contribution >= 4 is 17.5 Å². The van der Waals surface area contributed by atoms with Crippen molar-refractivity contribution in [1.82, 2.24) is 15.1 Å². The van der Waals surface area contributed by atoms with Crippen molar-refractivity contribution in [2.24, 2.45) is 0 Å². The van der Waals surface area contributed by atoms with E-state index in [9.17, 15) is 9.59 Å². The van der Waals surface area contributed by atoms with E-state index < -0.39 is 0 Å². The zero-order chi connectivity index (χ0) is 13.7. The van der Waals surface area contributed by atoms with E-state index in [1.54, 1.807) is 0 Å². The molecule has 1 aromatic rings. The molecule has 1 rings (SSSR count). The first-order chi connectivity index (χ1) is 8.45. The van der Waals surface area contributed by atoms with Gasteiger partial charge in [-0.25, -0.2) is 0 Å². The van der Waals surface area contributed by atoms with E-state index in [1.165, 1.54) is 6.92 Å². The van der Waals surface area contributed by atoms with Gasteiger partial charge in [0, 0.05) is 13.5 Å². The van der Waals surface area contributed by atoms with Gasteiger partial charge in [-0.05, 0) is 20.3 Å². The molecule has 0 saturated heterocycles. The molecule has 0 aliphatic heterocycles. The Morgan fingerprint density at radius 1 is 1.33 bits per heavy atom. The first-order valence-electron chi connectivity index (χ1n) is 6.04. The predicted octanol–water partition coefficient (Wildman–Crippen LogP) is 0.985. The molecule has 0 radical (unpaired) electrons. The number of hydrogen-bond donors (Lipinski definition) is 2. The molecule has 0 aliphatic rings. The molecule has 0 aromatic carbocycles. The van der Waals surface area contributed by atoms with Gasteiger partial charge in [-0.1, -0.05) is 6.92 Å². The molecular weight excluding hydrogens is 232 g/mol. The lowest BCUT2D eigenvalue weighted by Crippen LogP contribution is -2.31. The molecule has 1 aromatic heterocycles. The maximum Gasteiger partial charge on any atom is 0.243 e. The Balaban J connectivity index is 2.72. The van der Waals surface area contributed by atoms with Crippen LogP contribution in [-0.2, 0) is 16.1 Å². The van der Waals surface area contributed by atoms with E-state index in [1.807, 2.05) is 18.5 Å². The van der Waals surface area contributed by atoms with Crippen molar-refractivity contribution in [3.63, 3.8) is 0 Å². The van der Waals surface area contributed by atoms with E-state index in [0.29, 0.717) is 0 Å². The second-order valence-electron chi connectivity index (χ2n) is 4.23. The van der Waals surface area contributed by atoms with Gasteiger partial charge in [-0.2, -0.15) is 5.10 Å². The van der Waals surface area contributed by atoms with Crippen LogP contribution in [0.4, 0.5) is 5.69 Å². The number of aromatic nitrogens is 2. The smallest absolute Gasteiger partial charge is 0.243 e. The van der Waals surface area contributed by atoms with Gasteiger partial charge in [0.05, 0.1) is 23.6 Å². The average molecular weight is 252 g/mol. The van der Waals surface area contributed by atoms with E-state index in [0.717, 1.165) is 30.0 Å². The third-order valence-corrected chi connectivity index (χ3v) is 2.58. The number of rotatable bonds is 5. The van der Waals surface area contributed by atoms with Crippen molar-refractivity contribution in [2.75, 3.05) is 11.9 Å². The molecule has 1 heterocycles. The number of aryl methyl sites for hydroxylation is 2. The van der Waals surface area contributed by atoms with Crippen LogP contribution in [0.1, 0.15) is 31.7 Å². The molecule has 0 atom stereocenters. The lowest BCUT2D eigenvalue weighted by atomic mass is 10.3. The van der Waals surface area contributed by atoms with Crippen molar-refractivity contribution in [2.45, 2.75) is 40.7 Å². The maximum absolute atomic E-state index is 11.6. The molecule has 0 bridgehead atoms. The topological polar surface area (TPSA) is 76.0 Å². The summed E-state index contributed by atoms with van der Waals surface area (Å²) in [6.45, 7) is 8.03. The third-order valence-electron chi connectivity index (χ3n) is 2.58. The van der Waals surface area contributed by atoms with Crippen LogP contribution >= 0.6 is 0 Å². The molecule has 2 amide bonds. The van der Waals surface area contributed by atoms with Gasteiger partial charge in [-0.3, -0.25) is 14.3 Å². The van der Waals surface area contributed by atoms with Gasteiger partial charge in [0.25, 0.3) is 0 Å². The van der Waals surface area contributed by atoms with Gasteiger partial charge in [-0.15, -0.1) is 0 Å². The summed E-state index contributed by atoms with van der Waals surface area (Å²) < 4.78 is 1.88. The summed E-state index contributed by atoms with van der Waals surface area (Å²) >= 11 is 0. The predicted molar refractivity (Wildman–Crippen MR) is 69.3 cm³/mol. The summed E-state index contributed by atoms with van der Waals surface area (Å²) in [5.41, 5.74) is 2.46. The van der Waals surface area contributed by atoms with Crippen LogP contribution < -0.4 is 10.6 Å². The van der Waals surface area contributed by atoms with Gasteiger partial charge in [0.15, 0.2) is 0 Å². The van der Waals surface area contributed by atoms with Gasteiger partial charge in [0.2, 0.25) is 11.8 Å². The largest absolute Gasteiger partial charge is 0.347 e. The quantitative estimate of drug-likeness (QED) is 0.820. The van der Waals surface area contributed by atoms with Crippen molar-refractivity contribution < 1.29 is 9.59 Å². The Bertz CT molecular complexity index is 451. The molecule has 0 unspecified atom stereocenters. The van der Waals surface area contributed by atoms with Crippen LogP contribution in [0.25, 0.3) is 0 Å². The summed E-state index contributed by atoms with van der Waals surface area (Å²) in [5.74, 6) is -0.465. The summed E-state index contributed by atoms with van der Waals surface area (Å²) in [4.78, 5) is 22.3. The highest BCUT2D eigenvalue weighted by Crippen LogP contribution is 2.19. The van der Waals surface area contributed by atoms with Crippen LogP contribution in [0.2, 0.25) is 0 Å². The van der Waals surface area contributed by atoms with E-state index >= 15 is 0 Å². The Labute approximate surface area is 107 Å². The molecule has 6 nitrogen and oxygen atoms in total. The third kappa shape index (κ3) is 3.58. The number of amides is 2. The van der Waals surface area contributed by atoms with Crippen LogP contribution in [0.5, 0.6) is 0 Å². The zero-order valence-corrected chi connectivity index (χ0v) is 11.3. The highest BCUT2D eigenvalue weighted by Gasteiger charge is 2.13. The van der Waals surface area contributed by atoms with E-state index in [-0.39, 0.29) is 18.4 Å². The van der Waals surface area contributed by atoms with Crippen LogP contribution in [-0.4, -0.2) is 28.1 Å². The minimum absolute atomic E-state index is 0.0207. The number of nitrogens with one attached hydrogen (secondary N) is 2. The highest BCUT2D eigenvalue weighted by molar-refractivity contribution is 5.95. The molecular formula is C12H20N4O2. The molecule has 0 fully saturated rings. The fourth-order valence-electron chi connectivity index (χ4n) is 1.70. The van der Waals surface area contributed by atoms with Crippen molar-refractivity contribution in [3.05, 3.63) is 11.4 Å². The SMILES string of the molecule is CCCn1nc(C)c(NC(=O)CNC(C)=O)c1C. The second-order valence-corrected chi connectivity index (χ2v) is 4.23. The summed E-state index contributed by atoms with van der Waals surface area (Å²) in [6, 6.07) is 0. The van der Waals surface area contributed by atoms with Crippen molar-refractivity contribution in [1.29, 1.82) is 0 Å². The lowest BCUT2D eigenvalue weighted by Gasteiger charge is -2.06. The lowest BCUT2D eigenvalue weighted by molar-refractivity contribution is -0.122. The molecule has 6 heteroatoms. The molecule has 100 valence electrons.